The summed E-state index contributed by atoms with van der Waals surface area (Å²) in [5.41, 5.74) is 0.732. The van der Waals surface area contributed by atoms with Gasteiger partial charge in [0.15, 0.2) is 0 Å². The molecule has 0 amide bonds. The zero-order valence-electron chi connectivity index (χ0n) is 11.7. The maximum absolute atomic E-state index is 3.80. The van der Waals surface area contributed by atoms with E-state index in [2.05, 4.69) is 19.2 Å². The second-order valence-electron chi connectivity index (χ2n) is 7.47. The van der Waals surface area contributed by atoms with Crippen LogP contribution in [-0.4, -0.2) is 13.1 Å². The number of fused-ring (bicyclic) bond motifs is 2. The predicted molar refractivity (Wildman–Crippen MR) is 72.9 cm³/mol. The van der Waals surface area contributed by atoms with E-state index in [0.717, 1.165) is 29.1 Å². The molecule has 0 aromatic carbocycles. The van der Waals surface area contributed by atoms with E-state index in [1.54, 1.807) is 25.7 Å². The summed E-state index contributed by atoms with van der Waals surface area (Å²) in [4.78, 5) is 0. The first-order chi connectivity index (χ1) is 8.21. The summed E-state index contributed by atoms with van der Waals surface area (Å²) < 4.78 is 0. The average molecular weight is 235 g/mol. The van der Waals surface area contributed by atoms with Crippen LogP contribution in [0.25, 0.3) is 0 Å². The Morgan fingerprint density at radius 1 is 1.12 bits per heavy atom. The summed E-state index contributed by atoms with van der Waals surface area (Å²) in [6.07, 6.45) is 10.8. The molecule has 0 saturated heterocycles. The van der Waals surface area contributed by atoms with Gasteiger partial charge in [0.25, 0.3) is 0 Å². The molecule has 3 rings (SSSR count). The van der Waals surface area contributed by atoms with Crippen molar-refractivity contribution in [3.63, 3.8) is 0 Å². The van der Waals surface area contributed by atoms with E-state index in [9.17, 15) is 0 Å². The standard InChI is InChI=1S/C16H29N/c1-12(2)10-17-11-16(14-4-3-5-14)9-13-6-7-15(16)8-13/h12-15,17H,3-11H2,1-2H3. The van der Waals surface area contributed by atoms with Crippen LogP contribution in [0.5, 0.6) is 0 Å². The van der Waals surface area contributed by atoms with Gasteiger partial charge in [0.2, 0.25) is 0 Å². The highest BCUT2D eigenvalue weighted by Crippen LogP contribution is 2.62. The summed E-state index contributed by atoms with van der Waals surface area (Å²) in [5.74, 6) is 4.06. The zero-order valence-corrected chi connectivity index (χ0v) is 11.7. The Balaban J connectivity index is 1.65. The highest BCUT2D eigenvalue weighted by molar-refractivity contribution is 5.06. The van der Waals surface area contributed by atoms with Gasteiger partial charge in [-0.15, -0.1) is 0 Å². The van der Waals surface area contributed by atoms with E-state index in [4.69, 9.17) is 0 Å². The van der Waals surface area contributed by atoms with Gasteiger partial charge in [0.1, 0.15) is 0 Å². The quantitative estimate of drug-likeness (QED) is 0.763. The molecular formula is C16H29N. The first kappa shape index (κ1) is 12.0. The van der Waals surface area contributed by atoms with Gasteiger partial charge in [0, 0.05) is 6.54 Å². The van der Waals surface area contributed by atoms with Crippen molar-refractivity contribution in [1.29, 1.82) is 0 Å². The lowest BCUT2D eigenvalue weighted by atomic mass is 9.58. The van der Waals surface area contributed by atoms with Crippen LogP contribution < -0.4 is 5.32 Å². The summed E-state index contributed by atoms with van der Waals surface area (Å²) in [7, 11) is 0. The average Bonchev–Trinajstić information content (AvgIpc) is 2.74. The van der Waals surface area contributed by atoms with Crippen LogP contribution in [0.4, 0.5) is 0 Å². The SMILES string of the molecule is CC(C)CNCC1(C2CCC2)CC2CCC1C2. The van der Waals surface area contributed by atoms with Crippen molar-refractivity contribution in [2.75, 3.05) is 13.1 Å². The van der Waals surface area contributed by atoms with Gasteiger partial charge in [0.05, 0.1) is 0 Å². The first-order valence-corrected chi connectivity index (χ1v) is 7.91. The summed E-state index contributed by atoms with van der Waals surface area (Å²) >= 11 is 0. The van der Waals surface area contributed by atoms with Crippen molar-refractivity contribution in [2.24, 2.45) is 29.1 Å². The maximum Gasteiger partial charge on any atom is 0.00133 e. The summed E-state index contributed by atoms with van der Waals surface area (Å²) in [5, 5.41) is 3.80. The van der Waals surface area contributed by atoms with Crippen LogP contribution in [0, 0.1) is 29.1 Å². The molecule has 0 aliphatic heterocycles. The fraction of sp³-hybridized carbons (Fsp3) is 1.00. The van der Waals surface area contributed by atoms with E-state index in [0.29, 0.717) is 0 Å². The van der Waals surface area contributed by atoms with Gasteiger partial charge in [-0.2, -0.15) is 0 Å². The molecule has 0 aromatic heterocycles. The van der Waals surface area contributed by atoms with E-state index in [1.165, 1.54) is 32.4 Å². The molecule has 1 nitrogen and oxygen atoms in total. The molecule has 0 aromatic rings. The van der Waals surface area contributed by atoms with Crippen molar-refractivity contribution in [1.82, 2.24) is 5.32 Å². The van der Waals surface area contributed by atoms with Gasteiger partial charge in [-0.1, -0.05) is 26.7 Å². The Kier molecular flexibility index (Phi) is 3.23. The van der Waals surface area contributed by atoms with Crippen molar-refractivity contribution in [3.05, 3.63) is 0 Å². The lowest BCUT2D eigenvalue weighted by Gasteiger charge is -2.49. The van der Waals surface area contributed by atoms with Gasteiger partial charge < -0.3 is 5.32 Å². The second-order valence-corrected chi connectivity index (χ2v) is 7.47. The Hall–Kier alpha value is -0.0400. The van der Waals surface area contributed by atoms with Crippen molar-refractivity contribution in [3.8, 4) is 0 Å². The van der Waals surface area contributed by atoms with E-state index in [-0.39, 0.29) is 0 Å². The molecule has 2 bridgehead atoms. The number of hydrogen-bond donors (Lipinski definition) is 1. The van der Waals surface area contributed by atoms with Crippen LogP contribution in [-0.2, 0) is 0 Å². The molecule has 3 saturated carbocycles. The summed E-state index contributed by atoms with van der Waals surface area (Å²) in [6, 6.07) is 0. The summed E-state index contributed by atoms with van der Waals surface area (Å²) in [6.45, 7) is 7.19. The Labute approximate surface area is 107 Å². The number of hydrogen-bond acceptors (Lipinski definition) is 1. The molecular weight excluding hydrogens is 206 g/mol. The minimum atomic E-state index is 0.732. The van der Waals surface area contributed by atoms with E-state index >= 15 is 0 Å². The third-order valence-electron chi connectivity index (χ3n) is 5.95. The molecule has 3 aliphatic rings. The minimum Gasteiger partial charge on any atom is -0.316 e. The van der Waals surface area contributed by atoms with Crippen molar-refractivity contribution >= 4 is 0 Å². The molecule has 0 spiro atoms. The molecule has 1 N–H and O–H groups in total. The third kappa shape index (κ3) is 2.05. The van der Waals surface area contributed by atoms with Crippen LogP contribution in [0.1, 0.15) is 58.8 Å². The van der Waals surface area contributed by atoms with E-state index < -0.39 is 0 Å². The van der Waals surface area contributed by atoms with Crippen LogP contribution in [0.2, 0.25) is 0 Å². The molecule has 3 fully saturated rings. The van der Waals surface area contributed by atoms with Gasteiger partial charge in [-0.3, -0.25) is 0 Å². The lowest BCUT2D eigenvalue weighted by Crippen LogP contribution is -2.47. The first-order valence-electron chi connectivity index (χ1n) is 7.91. The van der Waals surface area contributed by atoms with E-state index in [1.807, 2.05) is 0 Å². The number of nitrogens with one attached hydrogen (secondary N) is 1. The Morgan fingerprint density at radius 3 is 2.41 bits per heavy atom. The maximum atomic E-state index is 3.80. The van der Waals surface area contributed by atoms with Crippen molar-refractivity contribution < 1.29 is 0 Å². The lowest BCUT2D eigenvalue weighted by molar-refractivity contribution is 0.0229. The van der Waals surface area contributed by atoms with Crippen LogP contribution >= 0.6 is 0 Å². The fourth-order valence-corrected chi connectivity index (χ4v) is 4.92. The second kappa shape index (κ2) is 4.57. The molecule has 0 radical (unpaired) electrons. The minimum absolute atomic E-state index is 0.732. The molecule has 3 unspecified atom stereocenters. The normalized spacial score (nSPS) is 41.1. The van der Waals surface area contributed by atoms with Crippen LogP contribution in [0.3, 0.4) is 0 Å². The number of rotatable bonds is 5. The molecule has 0 heterocycles. The Bertz CT molecular complexity index is 269. The van der Waals surface area contributed by atoms with Crippen molar-refractivity contribution in [2.45, 2.75) is 58.8 Å². The van der Waals surface area contributed by atoms with Gasteiger partial charge in [-0.25, -0.2) is 0 Å². The largest absolute Gasteiger partial charge is 0.316 e. The molecule has 98 valence electrons. The highest BCUT2D eigenvalue weighted by Gasteiger charge is 2.55. The third-order valence-corrected chi connectivity index (χ3v) is 5.95. The fourth-order valence-electron chi connectivity index (χ4n) is 4.92. The molecule has 1 heteroatoms. The smallest absolute Gasteiger partial charge is 0.00133 e. The Morgan fingerprint density at radius 2 is 1.94 bits per heavy atom. The predicted octanol–water partition coefficient (Wildman–Crippen LogP) is 3.84. The van der Waals surface area contributed by atoms with Gasteiger partial charge in [-0.05, 0) is 67.7 Å². The monoisotopic (exact) mass is 235 g/mol. The highest BCUT2D eigenvalue weighted by atomic mass is 14.9. The zero-order chi connectivity index (χ0) is 11.9. The van der Waals surface area contributed by atoms with Gasteiger partial charge >= 0.3 is 0 Å². The topological polar surface area (TPSA) is 12.0 Å². The molecule has 3 aliphatic carbocycles. The van der Waals surface area contributed by atoms with Crippen LogP contribution in [0.15, 0.2) is 0 Å². The molecule has 3 atom stereocenters. The molecule has 17 heavy (non-hydrogen) atoms.